The van der Waals surface area contributed by atoms with Crippen LogP contribution in [0.3, 0.4) is 0 Å². The highest BCUT2D eigenvalue weighted by atomic mass is 32.2. The molecule has 0 unspecified atom stereocenters. The van der Waals surface area contributed by atoms with Crippen molar-refractivity contribution in [1.29, 1.82) is 0 Å². The van der Waals surface area contributed by atoms with Crippen LogP contribution in [-0.2, 0) is 16.6 Å². The predicted octanol–water partition coefficient (Wildman–Crippen LogP) is 2.43. The van der Waals surface area contributed by atoms with Gasteiger partial charge in [-0.2, -0.15) is 4.31 Å². The van der Waals surface area contributed by atoms with Gasteiger partial charge >= 0.3 is 0 Å². The van der Waals surface area contributed by atoms with E-state index in [9.17, 15) is 13.5 Å². The fraction of sp³-hybridized carbons (Fsp3) is 0.353. The van der Waals surface area contributed by atoms with Crippen LogP contribution in [0.1, 0.15) is 25.8 Å². The molecule has 0 aliphatic rings. The average molecular weight is 334 g/mol. The van der Waals surface area contributed by atoms with E-state index in [0.717, 1.165) is 5.56 Å². The Morgan fingerprint density at radius 3 is 2.43 bits per heavy atom. The van der Waals surface area contributed by atoms with Crippen molar-refractivity contribution >= 4 is 10.0 Å². The zero-order valence-electron chi connectivity index (χ0n) is 13.4. The summed E-state index contributed by atoms with van der Waals surface area (Å²) in [5, 5.41) is 10.4. The van der Waals surface area contributed by atoms with Crippen LogP contribution in [0.4, 0.5) is 0 Å². The van der Waals surface area contributed by atoms with Crippen molar-refractivity contribution in [3.05, 3.63) is 60.4 Å². The molecule has 2 aromatic rings. The molecule has 0 spiro atoms. The molecule has 0 bridgehead atoms. The Kier molecular flexibility index (Phi) is 5.51. The second-order valence-electron chi connectivity index (χ2n) is 5.80. The second-order valence-corrected chi connectivity index (χ2v) is 7.74. The number of rotatable bonds is 7. The smallest absolute Gasteiger partial charge is 0.245 e. The van der Waals surface area contributed by atoms with E-state index in [2.05, 4.69) is 4.98 Å². The Labute approximate surface area is 137 Å². The first-order chi connectivity index (χ1) is 10.8. The molecular formula is C17H22N2O3S. The van der Waals surface area contributed by atoms with Crippen molar-refractivity contribution < 1.29 is 13.5 Å². The number of benzene rings is 1. The van der Waals surface area contributed by atoms with Gasteiger partial charge in [-0.3, -0.25) is 4.98 Å². The first-order valence-electron chi connectivity index (χ1n) is 7.51. The minimum atomic E-state index is -3.73. The van der Waals surface area contributed by atoms with Crippen molar-refractivity contribution in [1.82, 2.24) is 9.29 Å². The molecule has 0 aliphatic heterocycles. The summed E-state index contributed by atoms with van der Waals surface area (Å²) in [5.41, 5.74) is -0.226. The summed E-state index contributed by atoms with van der Waals surface area (Å²) in [7, 11) is -3.73. The largest absolute Gasteiger partial charge is 0.389 e. The van der Waals surface area contributed by atoms with Crippen LogP contribution in [-0.4, -0.2) is 35.0 Å². The van der Waals surface area contributed by atoms with Gasteiger partial charge in [0.25, 0.3) is 0 Å². The van der Waals surface area contributed by atoms with Gasteiger partial charge in [-0.15, -0.1) is 0 Å². The van der Waals surface area contributed by atoms with E-state index in [1.54, 1.807) is 13.0 Å². The number of pyridine rings is 1. The minimum absolute atomic E-state index is 0.0234. The molecule has 1 N–H and O–H groups in total. The van der Waals surface area contributed by atoms with Crippen molar-refractivity contribution in [2.45, 2.75) is 37.3 Å². The van der Waals surface area contributed by atoms with Crippen LogP contribution in [0.2, 0.25) is 0 Å². The molecule has 0 amide bonds. The minimum Gasteiger partial charge on any atom is -0.389 e. The number of hydrogen-bond acceptors (Lipinski definition) is 4. The summed E-state index contributed by atoms with van der Waals surface area (Å²) in [6.45, 7) is 3.70. The Hall–Kier alpha value is -1.76. The third-order valence-corrected chi connectivity index (χ3v) is 5.53. The molecule has 5 nitrogen and oxygen atoms in total. The fourth-order valence-corrected chi connectivity index (χ4v) is 3.66. The van der Waals surface area contributed by atoms with Crippen LogP contribution < -0.4 is 0 Å². The van der Waals surface area contributed by atoms with Gasteiger partial charge in [0.1, 0.15) is 4.90 Å². The summed E-state index contributed by atoms with van der Waals surface area (Å²) in [4.78, 5) is 4.02. The molecule has 0 radical (unpaired) electrons. The maximum atomic E-state index is 12.9. The maximum absolute atomic E-state index is 12.9. The Morgan fingerprint density at radius 2 is 1.87 bits per heavy atom. The van der Waals surface area contributed by atoms with Gasteiger partial charge in [0.05, 0.1) is 5.60 Å². The van der Waals surface area contributed by atoms with Crippen LogP contribution >= 0.6 is 0 Å². The predicted molar refractivity (Wildman–Crippen MR) is 89.2 cm³/mol. The van der Waals surface area contributed by atoms with E-state index in [1.807, 2.05) is 37.3 Å². The number of nitrogens with zero attached hydrogens (tertiary/aromatic N) is 2. The lowest BCUT2D eigenvalue weighted by molar-refractivity contribution is 0.0355. The van der Waals surface area contributed by atoms with E-state index in [4.69, 9.17) is 0 Å². The normalized spacial score (nSPS) is 14.6. The summed E-state index contributed by atoms with van der Waals surface area (Å²) < 4.78 is 27.1. The summed E-state index contributed by atoms with van der Waals surface area (Å²) >= 11 is 0. The average Bonchev–Trinajstić information content (AvgIpc) is 2.56. The molecule has 1 aromatic heterocycles. The lowest BCUT2D eigenvalue weighted by atomic mass is 10.0. The van der Waals surface area contributed by atoms with E-state index in [0.29, 0.717) is 6.42 Å². The third-order valence-electron chi connectivity index (χ3n) is 3.75. The summed E-state index contributed by atoms with van der Waals surface area (Å²) in [6, 6.07) is 12.4. The van der Waals surface area contributed by atoms with Crippen molar-refractivity contribution in [3.8, 4) is 0 Å². The quantitative estimate of drug-likeness (QED) is 0.844. The third kappa shape index (κ3) is 4.60. The van der Waals surface area contributed by atoms with Crippen molar-refractivity contribution in [2.24, 2.45) is 0 Å². The highest BCUT2D eigenvalue weighted by Crippen LogP contribution is 2.21. The molecule has 124 valence electrons. The topological polar surface area (TPSA) is 70.5 Å². The molecule has 2 rings (SSSR count). The Morgan fingerprint density at radius 1 is 1.17 bits per heavy atom. The molecule has 1 atom stereocenters. The second kappa shape index (κ2) is 7.21. The number of aliphatic hydroxyl groups is 1. The van der Waals surface area contributed by atoms with Gasteiger partial charge in [-0.25, -0.2) is 8.42 Å². The fourth-order valence-electron chi connectivity index (χ4n) is 2.15. The number of aromatic nitrogens is 1. The molecule has 6 heteroatoms. The first kappa shape index (κ1) is 17.6. The van der Waals surface area contributed by atoms with Crippen molar-refractivity contribution in [3.63, 3.8) is 0 Å². The monoisotopic (exact) mass is 334 g/mol. The van der Waals surface area contributed by atoms with E-state index in [1.165, 1.54) is 22.8 Å². The molecule has 1 aromatic carbocycles. The van der Waals surface area contributed by atoms with E-state index >= 15 is 0 Å². The van der Waals surface area contributed by atoms with Gasteiger partial charge in [0.15, 0.2) is 0 Å². The molecule has 0 fully saturated rings. The van der Waals surface area contributed by atoms with Gasteiger partial charge in [-0.05, 0) is 31.0 Å². The highest BCUT2D eigenvalue weighted by molar-refractivity contribution is 7.89. The van der Waals surface area contributed by atoms with Crippen LogP contribution in [0.25, 0.3) is 0 Å². The number of sulfonamides is 1. The molecule has 1 heterocycles. The lowest BCUT2D eigenvalue weighted by Gasteiger charge is -2.30. The summed E-state index contributed by atoms with van der Waals surface area (Å²) in [5.74, 6) is 0. The molecule has 0 saturated heterocycles. The van der Waals surface area contributed by atoms with Crippen LogP contribution in [0, 0.1) is 0 Å². The Bertz CT molecular complexity index is 716. The highest BCUT2D eigenvalue weighted by Gasteiger charge is 2.31. The van der Waals surface area contributed by atoms with E-state index < -0.39 is 15.6 Å². The SMILES string of the molecule is CC[C@](C)(O)CN(Cc1ccccc1)S(=O)(=O)c1cccnc1. The zero-order valence-corrected chi connectivity index (χ0v) is 14.2. The molecule has 0 saturated carbocycles. The van der Waals surface area contributed by atoms with Gasteiger partial charge in [0.2, 0.25) is 10.0 Å². The summed E-state index contributed by atoms with van der Waals surface area (Å²) in [6.07, 6.45) is 3.32. The maximum Gasteiger partial charge on any atom is 0.245 e. The van der Waals surface area contributed by atoms with Crippen LogP contribution in [0.5, 0.6) is 0 Å². The Balaban J connectivity index is 2.37. The van der Waals surface area contributed by atoms with Crippen LogP contribution in [0.15, 0.2) is 59.8 Å². The number of hydrogen-bond donors (Lipinski definition) is 1. The first-order valence-corrected chi connectivity index (χ1v) is 8.96. The van der Waals surface area contributed by atoms with E-state index in [-0.39, 0.29) is 18.0 Å². The van der Waals surface area contributed by atoms with Gasteiger partial charge in [-0.1, -0.05) is 37.3 Å². The lowest BCUT2D eigenvalue weighted by Crippen LogP contribution is -2.43. The van der Waals surface area contributed by atoms with Crippen molar-refractivity contribution in [2.75, 3.05) is 6.54 Å². The van der Waals surface area contributed by atoms with Gasteiger partial charge < -0.3 is 5.11 Å². The molecule has 0 aliphatic carbocycles. The van der Waals surface area contributed by atoms with Gasteiger partial charge in [0, 0.05) is 25.5 Å². The zero-order chi connectivity index (χ0) is 16.9. The molecule has 23 heavy (non-hydrogen) atoms. The molecular weight excluding hydrogens is 312 g/mol. The standard InChI is InChI=1S/C17H22N2O3S/c1-3-17(2,20)14-19(13-15-8-5-4-6-9-15)23(21,22)16-10-7-11-18-12-16/h4-12,20H,3,13-14H2,1-2H3/t17-/m0/s1.